The van der Waals surface area contributed by atoms with Crippen molar-refractivity contribution in [2.75, 3.05) is 46.9 Å². The number of amides is 2. The normalized spacial score (nSPS) is 13.0. The molecule has 164 valence electrons. The zero-order valence-electron chi connectivity index (χ0n) is 16.7. The minimum Gasteiger partial charge on any atom is -0.382 e. The van der Waals surface area contributed by atoms with Gasteiger partial charge in [-0.3, -0.25) is 14.8 Å². The number of rotatable bonds is 15. The Hall–Kier alpha value is -1.75. The van der Waals surface area contributed by atoms with E-state index in [9.17, 15) is 9.59 Å². The van der Waals surface area contributed by atoms with Crippen molar-refractivity contribution < 1.29 is 33.7 Å². The zero-order chi connectivity index (χ0) is 21.5. The Morgan fingerprint density at radius 3 is 2.45 bits per heavy atom. The molecule has 0 saturated carbocycles. The molecule has 1 aromatic carbocycles. The summed E-state index contributed by atoms with van der Waals surface area (Å²) in [7, 11) is 1.54. The van der Waals surface area contributed by atoms with Gasteiger partial charge in [-0.25, -0.2) is 5.48 Å². The molecule has 0 aliphatic rings. The number of hydroxylamine groups is 1. The first kappa shape index (κ1) is 25.3. The van der Waals surface area contributed by atoms with E-state index in [0.29, 0.717) is 30.4 Å². The molecule has 2 unspecified atom stereocenters. The smallest absolute Gasteiger partial charge is 0.251 e. The van der Waals surface area contributed by atoms with E-state index >= 15 is 0 Å². The highest BCUT2D eigenvalue weighted by Crippen LogP contribution is 2.12. The second-order valence-corrected chi connectivity index (χ2v) is 6.57. The maximum Gasteiger partial charge on any atom is 0.251 e. The van der Waals surface area contributed by atoms with Crippen molar-refractivity contribution in [2.24, 2.45) is 5.92 Å². The number of hydrogen-bond acceptors (Lipinski definition) is 7. The van der Waals surface area contributed by atoms with Crippen LogP contribution in [0.5, 0.6) is 0 Å². The van der Waals surface area contributed by atoms with E-state index in [4.69, 9.17) is 35.8 Å². The van der Waals surface area contributed by atoms with Gasteiger partial charge in [-0.2, -0.15) is 0 Å². The summed E-state index contributed by atoms with van der Waals surface area (Å²) in [5.74, 6) is -1.66. The molecule has 10 heteroatoms. The molecule has 3 N–H and O–H groups in total. The predicted octanol–water partition coefficient (Wildman–Crippen LogP) is 1.62. The summed E-state index contributed by atoms with van der Waals surface area (Å²) >= 11 is 5.85. The molecule has 0 bridgehead atoms. The van der Waals surface area contributed by atoms with Gasteiger partial charge < -0.3 is 24.3 Å². The SMILES string of the molecule is CCOCOCC(CC(COCCOC)C(=O)NO)NC(=O)c1ccc(Cl)cc1. The molecule has 2 amide bonds. The first-order chi connectivity index (χ1) is 14.0. The van der Waals surface area contributed by atoms with Gasteiger partial charge in [0.2, 0.25) is 5.91 Å². The number of benzene rings is 1. The van der Waals surface area contributed by atoms with E-state index in [0.717, 1.165) is 0 Å². The molecule has 0 aromatic heterocycles. The molecule has 1 aromatic rings. The van der Waals surface area contributed by atoms with E-state index in [1.807, 2.05) is 6.92 Å². The van der Waals surface area contributed by atoms with Gasteiger partial charge in [-0.05, 0) is 37.6 Å². The number of halogens is 1. The minimum atomic E-state index is -0.705. The number of hydrogen-bond donors (Lipinski definition) is 3. The number of ether oxygens (including phenoxy) is 4. The van der Waals surface area contributed by atoms with E-state index in [2.05, 4.69) is 5.32 Å². The van der Waals surface area contributed by atoms with E-state index in [1.165, 1.54) is 0 Å². The van der Waals surface area contributed by atoms with Crippen LogP contribution >= 0.6 is 11.6 Å². The first-order valence-electron chi connectivity index (χ1n) is 9.24. The van der Waals surface area contributed by atoms with Crippen LogP contribution in [0.4, 0.5) is 0 Å². The van der Waals surface area contributed by atoms with Gasteiger partial charge in [-0.15, -0.1) is 0 Å². The topological polar surface area (TPSA) is 115 Å². The van der Waals surface area contributed by atoms with Gasteiger partial charge in [0.1, 0.15) is 6.79 Å². The second kappa shape index (κ2) is 15.1. The molecule has 0 fully saturated rings. The minimum absolute atomic E-state index is 0.0501. The Bertz CT molecular complexity index is 601. The van der Waals surface area contributed by atoms with E-state index in [1.54, 1.807) is 36.9 Å². The summed E-state index contributed by atoms with van der Waals surface area (Å²) in [5, 5.41) is 12.4. The number of carbonyl (C=O) groups excluding carboxylic acids is 2. The fourth-order valence-electron chi connectivity index (χ4n) is 2.42. The van der Waals surface area contributed by atoms with Crippen LogP contribution in [0, 0.1) is 5.92 Å². The molecule has 0 radical (unpaired) electrons. The van der Waals surface area contributed by atoms with Crippen LogP contribution in [0.3, 0.4) is 0 Å². The Labute approximate surface area is 175 Å². The summed E-state index contributed by atoms with van der Waals surface area (Å²) in [5.41, 5.74) is 2.06. The largest absolute Gasteiger partial charge is 0.382 e. The monoisotopic (exact) mass is 432 g/mol. The van der Waals surface area contributed by atoms with Crippen LogP contribution in [0.2, 0.25) is 5.02 Å². The fraction of sp³-hybridized carbons (Fsp3) is 0.579. The van der Waals surface area contributed by atoms with Crippen molar-refractivity contribution in [1.29, 1.82) is 0 Å². The highest BCUT2D eigenvalue weighted by molar-refractivity contribution is 6.30. The Morgan fingerprint density at radius 2 is 1.83 bits per heavy atom. The Balaban J connectivity index is 2.76. The van der Waals surface area contributed by atoms with Crippen LogP contribution in [0.25, 0.3) is 0 Å². The lowest BCUT2D eigenvalue weighted by Gasteiger charge is -2.23. The molecule has 9 nitrogen and oxygen atoms in total. The second-order valence-electron chi connectivity index (χ2n) is 6.14. The Morgan fingerprint density at radius 1 is 1.10 bits per heavy atom. The molecule has 0 aliphatic carbocycles. The van der Waals surface area contributed by atoms with Crippen LogP contribution < -0.4 is 10.8 Å². The average Bonchev–Trinajstić information content (AvgIpc) is 2.72. The number of carbonyl (C=O) groups is 2. The molecule has 0 aliphatic heterocycles. The van der Waals surface area contributed by atoms with Crippen molar-refractivity contribution in [3.63, 3.8) is 0 Å². The highest BCUT2D eigenvalue weighted by Gasteiger charge is 2.25. The fourth-order valence-corrected chi connectivity index (χ4v) is 2.55. The van der Waals surface area contributed by atoms with Gasteiger partial charge in [0, 0.05) is 24.3 Å². The third kappa shape index (κ3) is 10.6. The molecular formula is C19H29ClN2O7. The van der Waals surface area contributed by atoms with Crippen LogP contribution in [0.1, 0.15) is 23.7 Å². The zero-order valence-corrected chi connectivity index (χ0v) is 17.4. The molecule has 0 heterocycles. The van der Waals surface area contributed by atoms with E-state index < -0.39 is 17.9 Å². The van der Waals surface area contributed by atoms with Crippen molar-refractivity contribution in [3.8, 4) is 0 Å². The van der Waals surface area contributed by atoms with Gasteiger partial charge in [-0.1, -0.05) is 11.6 Å². The van der Waals surface area contributed by atoms with Gasteiger partial charge in [0.05, 0.1) is 38.4 Å². The van der Waals surface area contributed by atoms with Crippen LogP contribution in [0.15, 0.2) is 24.3 Å². The lowest BCUT2D eigenvalue weighted by atomic mass is 9.99. The lowest BCUT2D eigenvalue weighted by Crippen LogP contribution is -2.43. The molecule has 1 rings (SSSR count). The summed E-state index contributed by atoms with van der Waals surface area (Å²) in [6, 6.07) is 5.90. The van der Waals surface area contributed by atoms with Crippen LogP contribution in [-0.4, -0.2) is 70.0 Å². The van der Waals surface area contributed by atoms with E-state index in [-0.39, 0.29) is 32.3 Å². The Kier molecular flexibility index (Phi) is 13.2. The van der Waals surface area contributed by atoms with Gasteiger partial charge >= 0.3 is 0 Å². The van der Waals surface area contributed by atoms with Crippen molar-refractivity contribution in [3.05, 3.63) is 34.9 Å². The van der Waals surface area contributed by atoms with Gasteiger partial charge in [0.25, 0.3) is 5.91 Å². The van der Waals surface area contributed by atoms with Crippen LogP contribution in [-0.2, 0) is 23.7 Å². The first-order valence-corrected chi connectivity index (χ1v) is 9.62. The third-order valence-electron chi connectivity index (χ3n) is 3.93. The third-order valence-corrected chi connectivity index (χ3v) is 4.18. The summed E-state index contributed by atoms with van der Waals surface area (Å²) in [4.78, 5) is 24.6. The number of nitrogens with one attached hydrogen (secondary N) is 2. The predicted molar refractivity (Wildman–Crippen MR) is 106 cm³/mol. The standard InChI is InChI=1S/C19H29ClN2O7/c1-3-27-13-29-12-17(21-18(23)14-4-6-16(20)7-5-14)10-15(19(24)22-25)11-28-9-8-26-2/h4-7,15,17,25H,3,8-13H2,1-2H3,(H,21,23)(H,22,24). The molecule has 29 heavy (non-hydrogen) atoms. The van der Waals surface area contributed by atoms with Crippen molar-refractivity contribution in [1.82, 2.24) is 10.8 Å². The lowest BCUT2D eigenvalue weighted by molar-refractivity contribution is -0.136. The highest BCUT2D eigenvalue weighted by atomic mass is 35.5. The quantitative estimate of drug-likeness (QED) is 0.167. The summed E-state index contributed by atoms with van der Waals surface area (Å²) in [6.45, 7) is 3.23. The molecule has 0 spiro atoms. The maximum atomic E-state index is 12.5. The molecule has 0 saturated heterocycles. The van der Waals surface area contributed by atoms with Gasteiger partial charge in [0.15, 0.2) is 0 Å². The summed E-state index contributed by atoms with van der Waals surface area (Å²) < 4.78 is 20.9. The molecule has 2 atom stereocenters. The summed E-state index contributed by atoms with van der Waals surface area (Å²) in [6.07, 6.45) is 0.185. The number of methoxy groups -OCH3 is 1. The molecular weight excluding hydrogens is 404 g/mol. The van der Waals surface area contributed by atoms with Crippen molar-refractivity contribution >= 4 is 23.4 Å². The van der Waals surface area contributed by atoms with Crippen molar-refractivity contribution in [2.45, 2.75) is 19.4 Å². The maximum absolute atomic E-state index is 12.5. The average molecular weight is 433 g/mol.